The fourth-order valence-electron chi connectivity index (χ4n) is 3.90. The van der Waals surface area contributed by atoms with Gasteiger partial charge in [-0.2, -0.15) is 4.73 Å². The molecule has 2 aromatic heterocycles. The van der Waals surface area contributed by atoms with Crippen molar-refractivity contribution in [3.63, 3.8) is 0 Å². The lowest BCUT2D eigenvalue weighted by Gasteiger charge is -2.14. The lowest BCUT2D eigenvalue weighted by atomic mass is 10.0. The van der Waals surface area contributed by atoms with E-state index in [1.165, 1.54) is 60.8 Å². The van der Waals surface area contributed by atoms with Crippen molar-refractivity contribution in [3.8, 4) is 22.8 Å². The van der Waals surface area contributed by atoms with Gasteiger partial charge in [0.1, 0.15) is 28.8 Å². The van der Waals surface area contributed by atoms with E-state index in [9.17, 15) is 19.5 Å². The van der Waals surface area contributed by atoms with Crippen LogP contribution in [0.2, 0.25) is 0 Å². The van der Waals surface area contributed by atoms with Gasteiger partial charge in [-0.25, -0.2) is 13.8 Å². The summed E-state index contributed by atoms with van der Waals surface area (Å²) in [6, 6.07) is 12.9. The summed E-state index contributed by atoms with van der Waals surface area (Å²) in [7, 11) is 0. The van der Waals surface area contributed by atoms with Crippen LogP contribution in [0, 0.1) is 23.8 Å². The highest BCUT2D eigenvalue weighted by Gasteiger charge is 2.22. The van der Waals surface area contributed by atoms with Gasteiger partial charge in [0, 0.05) is 36.1 Å². The molecule has 0 bridgehead atoms. The number of nitrogen functional groups attached to an aromatic ring is 1. The van der Waals surface area contributed by atoms with E-state index in [1.807, 2.05) is 0 Å². The molecule has 0 radical (unpaired) electrons. The van der Waals surface area contributed by atoms with Crippen LogP contribution in [-0.4, -0.2) is 34.5 Å². The molecule has 0 aliphatic rings. The van der Waals surface area contributed by atoms with Crippen LogP contribution in [0.4, 0.5) is 20.3 Å². The van der Waals surface area contributed by atoms with E-state index in [1.54, 1.807) is 13.8 Å². The highest BCUT2D eigenvalue weighted by atomic mass is 19.1. The fourth-order valence-corrected chi connectivity index (χ4v) is 3.90. The number of aliphatic imine (C=N–C) groups is 1. The molecule has 4 rings (SSSR count). The maximum atomic E-state index is 15.0. The number of amides is 1. The first-order chi connectivity index (χ1) is 19.1. The van der Waals surface area contributed by atoms with Crippen molar-refractivity contribution < 1.29 is 28.1 Å². The van der Waals surface area contributed by atoms with Gasteiger partial charge in [-0.05, 0) is 55.8 Å². The molecule has 0 fully saturated rings. The van der Waals surface area contributed by atoms with E-state index < -0.39 is 23.6 Å². The quantitative estimate of drug-likeness (QED) is 0.113. The number of aliphatic hydroxyl groups is 1. The number of anilines is 2. The van der Waals surface area contributed by atoms with E-state index in [2.05, 4.69) is 15.3 Å². The second-order valence-corrected chi connectivity index (χ2v) is 8.87. The molecular weight excluding hydrogens is 522 g/mol. The zero-order valence-corrected chi connectivity index (χ0v) is 21.6. The largest absolute Gasteiger partial charge is 0.618 e. The molecule has 0 aliphatic heterocycles. The van der Waals surface area contributed by atoms with Gasteiger partial charge in [0.25, 0.3) is 5.69 Å². The number of hydrogen-bond acceptors (Lipinski definition) is 7. The van der Waals surface area contributed by atoms with E-state index in [0.717, 1.165) is 6.07 Å². The highest BCUT2D eigenvalue weighted by molar-refractivity contribution is 6.04. The van der Waals surface area contributed by atoms with Crippen molar-refractivity contribution in [2.45, 2.75) is 19.9 Å². The van der Waals surface area contributed by atoms with Gasteiger partial charge >= 0.3 is 5.91 Å². The number of hydrogen-bond donors (Lipinski definition) is 4. The van der Waals surface area contributed by atoms with Crippen molar-refractivity contribution >= 4 is 23.2 Å². The summed E-state index contributed by atoms with van der Waals surface area (Å²) in [6.07, 6.45) is 1.35. The smallest absolute Gasteiger partial charge is 0.321 e. The van der Waals surface area contributed by atoms with Gasteiger partial charge < -0.3 is 31.8 Å². The Morgan fingerprint density at radius 1 is 1.18 bits per heavy atom. The normalized spacial score (nSPS) is 12.2. The number of nitrogens with two attached hydrogens (primary N) is 2. The van der Waals surface area contributed by atoms with Crippen LogP contribution in [0.15, 0.2) is 71.9 Å². The average Bonchev–Trinajstić information content (AvgIpc) is 2.90. The lowest BCUT2D eigenvalue weighted by Crippen LogP contribution is -2.39. The predicted octanol–water partition coefficient (Wildman–Crippen LogP) is 3.68. The Hall–Kier alpha value is -5.10. The van der Waals surface area contributed by atoms with Crippen molar-refractivity contribution in [1.29, 1.82) is 0 Å². The Balaban J connectivity index is 1.57. The van der Waals surface area contributed by atoms with Crippen LogP contribution in [0.25, 0.3) is 11.3 Å². The predicted molar refractivity (Wildman–Crippen MR) is 146 cm³/mol. The zero-order chi connectivity index (χ0) is 29.0. The monoisotopic (exact) mass is 548 g/mol. The van der Waals surface area contributed by atoms with Crippen LogP contribution in [0.5, 0.6) is 11.5 Å². The number of carbonyl (C=O) groups is 1. The Bertz CT molecular complexity index is 1610. The van der Waals surface area contributed by atoms with Gasteiger partial charge in [-0.3, -0.25) is 9.79 Å². The summed E-state index contributed by atoms with van der Waals surface area (Å²) < 4.78 is 34.7. The molecule has 4 aromatic rings. The summed E-state index contributed by atoms with van der Waals surface area (Å²) >= 11 is 0. The van der Waals surface area contributed by atoms with Gasteiger partial charge in [0.2, 0.25) is 5.69 Å². The molecule has 0 saturated heterocycles. The molecule has 10 nitrogen and oxygen atoms in total. The number of pyridine rings is 2. The second-order valence-electron chi connectivity index (χ2n) is 8.87. The molecule has 2 heterocycles. The number of nitrogens with one attached hydrogen (secondary N) is 1. The van der Waals surface area contributed by atoms with Crippen LogP contribution < -0.4 is 26.3 Å². The average molecular weight is 549 g/mol. The molecule has 0 aliphatic carbocycles. The fraction of sp³-hybridized carbons (Fsp3) is 0.143. The Morgan fingerprint density at radius 2 is 1.95 bits per heavy atom. The number of carbonyl (C=O) groups excluding carboxylic acids is 1. The van der Waals surface area contributed by atoms with Crippen LogP contribution in [-0.2, 0) is 0 Å². The summed E-state index contributed by atoms with van der Waals surface area (Å²) in [6.45, 7) is 3.04. The number of rotatable bonds is 8. The molecule has 1 amide bonds. The van der Waals surface area contributed by atoms with E-state index in [-0.39, 0.29) is 52.4 Å². The maximum Gasteiger partial charge on any atom is 0.321 e. The molecule has 0 spiro atoms. The first-order valence-corrected chi connectivity index (χ1v) is 12.1. The molecular formula is C28H26F2N6O4. The van der Waals surface area contributed by atoms with E-state index in [0.29, 0.717) is 15.9 Å². The van der Waals surface area contributed by atoms with Crippen molar-refractivity contribution in [2.24, 2.45) is 10.7 Å². The number of aryl methyl sites for hydroxylation is 1. The lowest BCUT2D eigenvalue weighted by molar-refractivity contribution is -0.595. The van der Waals surface area contributed by atoms with Crippen molar-refractivity contribution in [2.75, 3.05) is 17.7 Å². The third-order valence-electron chi connectivity index (χ3n) is 5.87. The number of aromatic nitrogens is 2. The number of aliphatic hydroxyl groups excluding tert-OH is 1. The van der Waals surface area contributed by atoms with Gasteiger partial charge in [0.15, 0.2) is 11.6 Å². The molecule has 0 saturated carbocycles. The number of ether oxygens (including phenoxy) is 1. The minimum Gasteiger partial charge on any atom is -0.618 e. The molecule has 1 atom stereocenters. The molecule has 206 valence electrons. The minimum absolute atomic E-state index is 0.00263. The molecule has 2 aromatic carbocycles. The number of benzene rings is 2. The summed E-state index contributed by atoms with van der Waals surface area (Å²) in [4.78, 5) is 21.0. The highest BCUT2D eigenvalue weighted by Crippen LogP contribution is 2.31. The van der Waals surface area contributed by atoms with Gasteiger partial charge in [-0.15, -0.1) is 0 Å². The summed E-state index contributed by atoms with van der Waals surface area (Å²) in [5.74, 6) is -2.23. The number of amidine groups is 1. The Labute approximate surface area is 228 Å². The van der Waals surface area contributed by atoms with Gasteiger partial charge in [0.05, 0.1) is 18.2 Å². The summed E-state index contributed by atoms with van der Waals surface area (Å²) in [5, 5.41) is 24.7. The van der Waals surface area contributed by atoms with Crippen LogP contribution >= 0.6 is 0 Å². The maximum absolute atomic E-state index is 15.0. The topological polar surface area (TPSA) is 163 Å². The first-order valence-electron chi connectivity index (χ1n) is 12.1. The zero-order valence-electron chi connectivity index (χ0n) is 21.6. The van der Waals surface area contributed by atoms with Crippen LogP contribution in [0.3, 0.4) is 0 Å². The van der Waals surface area contributed by atoms with Crippen molar-refractivity contribution in [3.05, 3.63) is 101 Å². The summed E-state index contributed by atoms with van der Waals surface area (Å²) in [5.41, 5.74) is 13.1. The van der Waals surface area contributed by atoms with E-state index >= 15 is 4.39 Å². The third kappa shape index (κ3) is 5.97. The number of halogens is 2. The minimum atomic E-state index is -0.830. The Morgan fingerprint density at radius 3 is 2.65 bits per heavy atom. The van der Waals surface area contributed by atoms with Crippen molar-refractivity contribution in [1.82, 2.24) is 4.98 Å². The SMILES string of the molecule is Cc1cc(F)ccc1-c1cccc(C(=O)Nc2ccc(Oc3ccnc(N)c3C(N)=N[C@H](C)CO)c(F)c2)[n+]1[O-]. The van der Waals surface area contributed by atoms with Gasteiger partial charge in [-0.1, -0.05) is 0 Å². The molecule has 6 N–H and O–H groups in total. The Kier molecular flexibility index (Phi) is 8.20. The molecule has 0 unspecified atom stereocenters. The number of nitrogens with zero attached hydrogens (tertiary/aromatic N) is 3. The molecule has 40 heavy (non-hydrogen) atoms. The third-order valence-corrected chi connectivity index (χ3v) is 5.87. The second kappa shape index (κ2) is 11.7. The molecule has 12 heteroatoms. The van der Waals surface area contributed by atoms with E-state index in [4.69, 9.17) is 16.2 Å². The first kappa shape index (κ1) is 27.9. The van der Waals surface area contributed by atoms with Crippen LogP contribution in [0.1, 0.15) is 28.5 Å². The standard InChI is InChI=1S/C28H26F2N6O4/c1-15-12-17(29)6-8-19(15)21-4-3-5-22(36(21)39)28(38)35-18-7-9-23(20(30)13-18)40-24-10-11-33-26(31)25(24)27(32)34-16(2)14-37/h3-13,16,37H,14H2,1-2H3,(H2,31,33)(H2,32,34)(H,35,38)/t16-/m1/s1.